The van der Waals surface area contributed by atoms with Crippen molar-refractivity contribution in [2.24, 2.45) is 0 Å². The number of carbonyl (C=O) groups is 2. The van der Waals surface area contributed by atoms with Gasteiger partial charge in [-0.15, -0.1) is 0 Å². The summed E-state index contributed by atoms with van der Waals surface area (Å²) in [5.41, 5.74) is -0.144. The molecule has 1 aliphatic rings. The summed E-state index contributed by atoms with van der Waals surface area (Å²) < 4.78 is 27.1. The topological polar surface area (TPSA) is 69.6 Å². The number of anilines is 1. The number of nitrogens with zero attached hydrogens (tertiary/aromatic N) is 1. The van der Waals surface area contributed by atoms with Gasteiger partial charge in [-0.2, -0.15) is 0 Å². The molecule has 1 fully saturated rings. The van der Waals surface area contributed by atoms with Gasteiger partial charge in [-0.1, -0.05) is 6.07 Å². The summed E-state index contributed by atoms with van der Waals surface area (Å²) in [6, 6.07) is 3.15. The van der Waals surface area contributed by atoms with Crippen LogP contribution in [0, 0.1) is 11.6 Å². The minimum Gasteiger partial charge on any atom is -0.474 e. The van der Waals surface area contributed by atoms with Gasteiger partial charge in [0.25, 0.3) is 0 Å². The number of para-hydroxylation sites is 1. The molecule has 1 heterocycles. The Hall–Kier alpha value is -2.18. The first-order valence-electron chi connectivity index (χ1n) is 5.72. The highest BCUT2D eigenvalue weighted by atomic mass is 19.1. The molecular weight excluding hydrogens is 258 g/mol. The lowest BCUT2D eigenvalue weighted by Crippen LogP contribution is -2.40. The van der Waals surface area contributed by atoms with Gasteiger partial charge in [0.1, 0.15) is 17.3 Å². The standard InChI is InChI=1S/C12H12F2N2O3/c13-8-2-1-3-9(14)10(8)16-5-4-7(6-16)15-11(17)12(18)19/h1-3,7H,4-6H2,(H,15,17)(H,18,19). The van der Waals surface area contributed by atoms with Crippen LogP contribution in [-0.4, -0.2) is 36.1 Å². The van der Waals surface area contributed by atoms with Gasteiger partial charge in [0.15, 0.2) is 0 Å². The lowest BCUT2D eigenvalue weighted by Gasteiger charge is -2.20. The molecule has 1 unspecified atom stereocenters. The second kappa shape index (κ2) is 5.21. The highest BCUT2D eigenvalue weighted by Crippen LogP contribution is 2.26. The smallest absolute Gasteiger partial charge is 0.394 e. The first kappa shape index (κ1) is 13.3. The largest absolute Gasteiger partial charge is 0.474 e. The van der Waals surface area contributed by atoms with Crippen LogP contribution in [0.4, 0.5) is 14.5 Å². The first-order chi connectivity index (χ1) is 8.99. The van der Waals surface area contributed by atoms with E-state index in [-0.39, 0.29) is 12.2 Å². The number of aliphatic carboxylic acids is 1. The normalized spacial score (nSPS) is 18.4. The third-order valence-electron chi connectivity index (χ3n) is 2.97. The maximum atomic E-state index is 13.6. The van der Waals surface area contributed by atoms with E-state index < -0.39 is 29.6 Å². The number of nitrogens with one attached hydrogen (secondary N) is 1. The van der Waals surface area contributed by atoms with Gasteiger partial charge in [0.2, 0.25) is 0 Å². The van der Waals surface area contributed by atoms with Crippen LogP contribution in [-0.2, 0) is 9.59 Å². The highest BCUT2D eigenvalue weighted by Gasteiger charge is 2.28. The molecule has 1 saturated heterocycles. The van der Waals surface area contributed by atoms with E-state index in [1.807, 2.05) is 0 Å². The van der Waals surface area contributed by atoms with Crippen molar-refractivity contribution in [2.45, 2.75) is 12.5 Å². The van der Waals surface area contributed by atoms with Crippen LogP contribution in [0.25, 0.3) is 0 Å². The molecule has 5 nitrogen and oxygen atoms in total. The van der Waals surface area contributed by atoms with Crippen LogP contribution >= 0.6 is 0 Å². The summed E-state index contributed by atoms with van der Waals surface area (Å²) in [5.74, 6) is -4.04. The fourth-order valence-electron chi connectivity index (χ4n) is 2.12. The van der Waals surface area contributed by atoms with E-state index in [2.05, 4.69) is 5.32 Å². The summed E-state index contributed by atoms with van der Waals surface area (Å²) in [4.78, 5) is 22.9. The molecule has 0 saturated carbocycles. The summed E-state index contributed by atoms with van der Waals surface area (Å²) in [5, 5.41) is 10.8. The Morgan fingerprint density at radius 2 is 1.95 bits per heavy atom. The van der Waals surface area contributed by atoms with Gasteiger partial charge in [-0.3, -0.25) is 4.79 Å². The molecule has 2 rings (SSSR count). The highest BCUT2D eigenvalue weighted by molar-refractivity contribution is 6.31. The second-order valence-electron chi connectivity index (χ2n) is 4.28. The lowest BCUT2D eigenvalue weighted by atomic mass is 10.2. The van der Waals surface area contributed by atoms with E-state index in [1.54, 1.807) is 0 Å². The Labute approximate surface area is 107 Å². The van der Waals surface area contributed by atoms with Crippen molar-refractivity contribution >= 4 is 17.6 Å². The number of hydrogen-bond donors (Lipinski definition) is 2. The molecule has 1 amide bonds. The maximum absolute atomic E-state index is 13.6. The Morgan fingerprint density at radius 3 is 2.53 bits per heavy atom. The van der Waals surface area contributed by atoms with Gasteiger partial charge >= 0.3 is 11.9 Å². The molecule has 0 aromatic heterocycles. The van der Waals surface area contributed by atoms with E-state index in [0.717, 1.165) is 12.1 Å². The summed E-state index contributed by atoms with van der Waals surface area (Å²) in [6.45, 7) is 0.527. The molecule has 19 heavy (non-hydrogen) atoms. The zero-order valence-electron chi connectivity index (χ0n) is 9.90. The Kier molecular flexibility index (Phi) is 3.64. The van der Waals surface area contributed by atoms with E-state index in [1.165, 1.54) is 11.0 Å². The Morgan fingerprint density at radius 1 is 1.32 bits per heavy atom. The fourth-order valence-corrected chi connectivity index (χ4v) is 2.12. The third-order valence-corrected chi connectivity index (χ3v) is 2.97. The van der Waals surface area contributed by atoms with Gasteiger partial charge in [-0.05, 0) is 18.6 Å². The molecular formula is C12H12F2N2O3. The van der Waals surface area contributed by atoms with Gasteiger partial charge in [0.05, 0.1) is 0 Å². The van der Waals surface area contributed by atoms with Crippen molar-refractivity contribution in [3.63, 3.8) is 0 Å². The van der Waals surface area contributed by atoms with Crippen molar-refractivity contribution in [3.05, 3.63) is 29.8 Å². The van der Waals surface area contributed by atoms with Crippen LogP contribution in [0.15, 0.2) is 18.2 Å². The van der Waals surface area contributed by atoms with Crippen molar-refractivity contribution in [1.82, 2.24) is 5.32 Å². The average Bonchev–Trinajstić information content (AvgIpc) is 2.77. The first-order valence-corrected chi connectivity index (χ1v) is 5.72. The van der Waals surface area contributed by atoms with Crippen molar-refractivity contribution in [2.75, 3.05) is 18.0 Å². The predicted octanol–water partition coefficient (Wildman–Crippen LogP) is 0.744. The molecule has 102 valence electrons. The summed E-state index contributed by atoms with van der Waals surface area (Å²) in [6.07, 6.45) is 0.437. The molecule has 1 aromatic carbocycles. The lowest BCUT2D eigenvalue weighted by molar-refractivity contribution is -0.150. The monoisotopic (exact) mass is 270 g/mol. The van der Waals surface area contributed by atoms with Gasteiger partial charge < -0.3 is 15.3 Å². The second-order valence-corrected chi connectivity index (χ2v) is 4.28. The van der Waals surface area contributed by atoms with E-state index in [0.29, 0.717) is 13.0 Å². The summed E-state index contributed by atoms with van der Waals surface area (Å²) >= 11 is 0. The predicted molar refractivity (Wildman–Crippen MR) is 62.8 cm³/mol. The number of carboxylic acids is 1. The quantitative estimate of drug-likeness (QED) is 0.778. The number of rotatable bonds is 2. The summed E-state index contributed by atoms with van der Waals surface area (Å²) in [7, 11) is 0. The van der Waals surface area contributed by atoms with Gasteiger partial charge in [-0.25, -0.2) is 13.6 Å². The van der Waals surface area contributed by atoms with Crippen LogP contribution < -0.4 is 10.2 Å². The number of carboxylic acid groups (broad SMARTS) is 1. The number of amides is 1. The van der Waals surface area contributed by atoms with E-state index in [4.69, 9.17) is 5.11 Å². The third kappa shape index (κ3) is 2.81. The minimum absolute atomic E-state index is 0.144. The number of hydrogen-bond acceptors (Lipinski definition) is 3. The molecule has 0 bridgehead atoms. The molecule has 0 spiro atoms. The van der Waals surface area contributed by atoms with Crippen LogP contribution in [0.1, 0.15) is 6.42 Å². The molecule has 0 aliphatic carbocycles. The van der Waals surface area contributed by atoms with Crippen LogP contribution in [0.5, 0.6) is 0 Å². The SMILES string of the molecule is O=C(O)C(=O)NC1CCN(c2c(F)cccc2F)C1. The average molecular weight is 270 g/mol. The molecule has 7 heteroatoms. The van der Waals surface area contributed by atoms with Crippen LogP contribution in [0.2, 0.25) is 0 Å². The maximum Gasteiger partial charge on any atom is 0.394 e. The molecule has 2 N–H and O–H groups in total. The zero-order valence-corrected chi connectivity index (χ0v) is 9.90. The van der Waals surface area contributed by atoms with E-state index >= 15 is 0 Å². The zero-order chi connectivity index (χ0) is 14.0. The number of halogens is 2. The Balaban J connectivity index is 2.06. The minimum atomic E-state index is -1.57. The number of benzene rings is 1. The van der Waals surface area contributed by atoms with Crippen LogP contribution in [0.3, 0.4) is 0 Å². The van der Waals surface area contributed by atoms with Crippen molar-refractivity contribution in [3.8, 4) is 0 Å². The molecule has 1 atom stereocenters. The Bertz CT molecular complexity index is 501. The molecule has 1 aromatic rings. The number of carbonyl (C=O) groups excluding carboxylic acids is 1. The fraction of sp³-hybridized carbons (Fsp3) is 0.333. The van der Waals surface area contributed by atoms with Crippen molar-refractivity contribution < 1.29 is 23.5 Å². The van der Waals surface area contributed by atoms with E-state index in [9.17, 15) is 18.4 Å². The molecule has 1 aliphatic heterocycles. The van der Waals surface area contributed by atoms with Gasteiger partial charge in [0, 0.05) is 19.1 Å². The van der Waals surface area contributed by atoms with Crippen molar-refractivity contribution in [1.29, 1.82) is 0 Å². The molecule has 0 radical (unpaired) electrons.